The van der Waals surface area contributed by atoms with Gasteiger partial charge in [-0.3, -0.25) is 0 Å². The van der Waals surface area contributed by atoms with Crippen LogP contribution in [0, 0.1) is 0 Å². The summed E-state index contributed by atoms with van der Waals surface area (Å²) in [6.45, 7) is -0.703. The highest BCUT2D eigenvalue weighted by Crippen LogP contribution is 2.20. The van der Waals surface area contributed by atoms with Crippen LogP contribution in [0.4, 0.5) is 0 Å². The molecule has 1 saturated heterocycles. The Kier molecular flexibility index (Phi) is 5.09. The van der Waals surface area contributed by atoms with Crippen molar-refractivity contribution in [1.82, 2.24) is 0 Å². The van der Waals surface area contributed by atoms with Crippen LogP contribution in [0.2, 0.25) is 0 Å². The summed E-state index contributed by atoms with van der Waals surface area (Å²) in [5.74, 6) is -2.23. The zero-order valence-corrected chi connectivity index (χ0v) is 11.5. The molecule has 8 heteroatoms. The van der Waals surface area contributed by atoms with Crippen molar-refractivity contribution in [2.75, 3.05) is 13.2 Å². The number of esters is 1. The molecule has 0 aliphatic carbocycles. The average Bonchev–Trinajstić information content (AvgIpc) is 2.52. The summed E-state index contributed by atoms with van der Waals surface area (Å²) in [7, 11) is 0. The maximum absolute atomic E-state index is 12.1. The van der Waals surface area contributed by atoms with Gasteiger partial charge in [-0.15, -0.1) is 0 Å². The zero-order chi connectivity index (χ0) is 16.3. The lowest BCUT2D eigenvalue weighted by Crippen LogP contribution is -2.55. The van der Waals surface area contributed by atoms with Gasteiger partial charge < -0.3 is 29.9 Å². The maximum atomic E-state index is 12.1. The molecule has 120 valence electrons. The first-order valence-corrected chi connectivity index (χ1v) is 6.57. The monoisotopic (exact) mass is 312 g/mol. The molecule has 1 fully saturated rings. The lowest BCUT2D eigenvalue weighted by molar-refractivity contribution is -0.195. The molecule has 8 nitrogen and oxygen atoms in total. The van der Waals surface area contributed by atoms with Gasteiger partial charge in [0.15, 0.2) is 6.10 Å². The zero-order valence-electron chi connectivity index (χ0n) is 11.5. The second-order valence-electron chi connectivity index (χ2n) is 4.83. The van der Waals surface area contributed by atoms with Crippen molar-refractivity contribution in [3.63, 3.8) is 0 Å². The van der Waals surface area contributed by atoms with Gasteiger partial charge in [0.25, 0.3) is 0 Å². The summed E-state index contributed by atoms with van der Waals surface area (Å²) in [5.41, 5.74) is -0.395. The summed E-state index contributed by atoms with van der Waals surface area (Å²) in [4.78, 5) is 23.1. The second-order valence-corrected chi connectivity index (χ2v) is 4.83. The number of rotatable bonds is 4. The topological polar surface area (TPSA) is 134 Å². The molecule has 0 saturated carbocycles. The summed E-state index contributed by atoms with van der Waals surface area (Å²) in [5, 5.41) is 37.6. The molecular weight excluding hydrogens is 296 g/mol. The molecule has 0 aromatic heterocycles. The quantitative estimate of drug-likeness (QED) is 0.521. The summed E-state index contributed by atoms with van der Waals surface area (Å²) in [6.07, 6.45) is -4.97. The average molecular weight is 312 g/mol. The van der Waals surface area contributed by atoms with E-state index in [2.05, 4.69) is 0 Å². The van der Waals surface area contributed by atoms with E-state index in [1.165, 1.54) is 24.3 Å². The Morgan fingerprint density at radius 3 is 2.41 bits per heavy atom. The van der Waals surface area contributed by atoms with E-state index in [1.54, 1.807) is 0 Å². The third-order valence-corrected chi connectivity index (χ3v) is 3.40. The van der Waals surface area contributed by atoms with E-state index in [9.17, 15) is 19.8 Å². The normalized spacial score (nSPS) is 28.1. The SMILES string of the molecule is O=C(O)c1ccccc1C(=O)O[C@H]1CO[C@H](CO)[C@@H](O)[C@@H]1O. The van der Waals surface area contributed by atoms with Crippen LogP contribution in [-0.4, -0.2) is 70.0 Å². The van der Waals surface area contributed by atoms with Crippen LogP contribution in [0.25, 0.3) is 0 Å². The molecule has 1 aromatic rings. The highest BCUT2D eigenvalue weighted by molar-refractivity contribution is 6.02. The van der Waals surface area contributed by atoms with Gasteiger partial charge in [-0.25, -0.2) is 9.59 Å². The number of carbonyl (C=O) groups is 2. The molecule has 4 atom stereocenters. The predicted octanol–water partition coefficient (Wildman–Crippen LogP) is -0.977. The Balaban J connectivity index is 2.11. The minimum atomic E-state index is -1.44. The number of carbonyl (C=O) groups excluding carboxylic acids is 1. The predicted molar refractivity (Wildman–Crippen MR) is 71.4 cm³/mol. The molecule has 0 unspecified atom stereocenters. The van der Waals surface area contributed by atoms with Crippen LogP contribution in [0.3, 0.4) is 0 Å². The number of benzene rings is 1. The van der Waals surface area contributed by atoms with Crippen LogP contribution in [0.1, 0.15) is 20.7 Å². The van der Waals surface area contributed by atoms with Crippen molar-refractivity contribution in [3.05, 3.63) is 35.4 Å². The van der Waals surface area contributed by atoms with E-state index in [-0.39, 0.29) is 17.7 Å². The van der Waals surface area contributed by atoms with Crippen LogP contribution >= 0.6 is 0 Å². The molecule has 0 radical (unpaired) electrons. The van der Waals surface area contributed by atoms with Crippen molar-refractivity contribution < 1.29 is 39.5 Å². The fourth-order valence-corrected chi connectivity index (χ4v) is 2.17. The van der Waals surface area contributed by atoms with Gasteiger partial charge in [-0.1, -0.05) is 12.1 Å². The van der Waals surface area contributed by atoms with E-state index in [1.807, 2.05) is 0 Å². The first kappa shape index (κ1) is 16.4. The third-order valence-electron chi connectivity index (χ3n) is 3.40. The molecule has 2 rings (SSSR count). The van der Waals surface area contributed by atoms with Crippen LogP contribution in [-0.2, 0) is 9.47 Å². The lowest BCUT2D eigenvalue weighted by Gasteiger charge is -2.36. The molecule has 1 aliphatic heterocycles. The number of aliphatic hydroxyl groups excluding tert-OH is 3. The summed E-state index contributed by atoms with van der Waals surface area (Å²) < 4.78 is 10.1. The molecule has 22 heavy (non-hydrogen) atoms. The fraction of sp³-hybridized carbons (Fsp3) is 0.429. The molecule has 4 N–H and O–H groups in total. The van der Waals surface area contributed by atoms with Gasteiger partial charge >= 0.3 is 11.9 Å². The molecular formula is C14H16O8. The van der Waals surface area contributed by atoms with Crippen molar-refractivity contribution in [2.45, 2.75) is 24.4 Å². The highest BCUT2D eigenvalue weighted by atomic mass is 16.6. The minimum Gasteiger partial charge on any atom is -0.478 e. The van der Waals surface area contributed by atoms with Crippen LogP contribution in [0.5, 0.6) is 0 Å². The Morgan fingerprint density at radius 2 is 1.82 bits per heavy atom. The van der Waals surface area contributed by atoms with E-state index >= 15 is 0 Å². The van der Waals surface area contributed by atoms with Gasteiger partial charge in [0, 0.05) is 0 Å². The number of carboxylic acid groups (broad SMARTS) is 1. The standard InChI is InChI=1S/C14H16O8/c15-5-9-11(16)12(17)10(6-21-9)22-14(20)8-4-2-1-3-7(8)13(18)19/h1-4,9-12,15-17H,5-6H2,(H,18,19)/t9-,10+,11-,12-/m1/s1. The minimum absolute atomic E-state index is 0.166. The number of aromatic carboxylic acids is 1. The van der Waals surface area contributed by atoms with Gasteiger partial charge in [0.05, 0.1) is 24.3 Å². The van der Waals surface area contributed by atoms with E-state index < -0.39 is 43.0 Å². The molecule has 1 aliphatic rings. The molecule has 0 bridgehead atoms. The summed E-state index contributed by atoms with van der Waals surface area (Å²) in [6, 6.07) is 5.49. The number of carboxylic acids is 1. The van der Waals surface area contributed by atoms with Crippen molar-refractivity contribution in [1.29, 1.82) is 0 Å². The Labute approximate surface area is 125 Å². The number of hydrogen-bond donors (Lipinski definition) is 4. The Hall–Kier alpha value is -2.00. The Morgan fingerprint density at radius 1 is 1.18 bits per heavy atom. The van der Waals surface area contributed by atoms with E-state index in [0.717, 1.165) is 0 Å². The van der Waals surface area contributed by atoms with Gasteiger partial charge in [0.1, 0.15) is 18.3 Å². The largest absolute Gasteiger partial charge is 0.478 e. The van der Waals surface area contributed by atoms with Crippen molar-refractivity contribution in [3.8, 4) is 0 Å². The van der Waals surface area contributed by atoms with Gasteiger partial charge in [0.2, 0.25) is 0 Å². The van der Waals surface area contributed by atoms with Crippen molar-refractivity contribution >= 4 is 11.9 Å². The molecule has 1 aromatic carbocycles. The smallest absolute Gasteiger partial charge is 0.339 e. The molecule has 0 spiro atoms. The second kappa shape index (κ2) is 6.84. The third kappa shape index (κ3) is 3.25. The van der Waals surface area contributed by atoms with E-state index in [4.69, 9.17) is 19.7 Å². The maximum Gasteiger partial charge on any atom is 0.339 e. The van der Waals surface area contributed by atoms with Gasteiger partial charge in [-0.2, -0.15) is 0 Å². The molecule has 1 heterocycles. The fourth-order valence-electron chi connectivity index (χ4n) is 2.17. The number of aliphatic hydroxyl groups is 3. The van der Waals surface area contributed by atoms with Crippen LogP contribution in [0.15, 0.2) is 24.3 Å². The number of ether oxygens (including phenoxy) is 2. The first-order chi connectivity index (χ1) is 10.5. The van der Waals surface area contributed by atoms with Crippen molar-refractivity contribution in [2.24, 2.45) is 0 Å². The highest BCUT2D eigenvalue weighted by Gasteiger charge is 2.40. The van der Waals surface area contributed by atoms with Gasteiger partial charge in [-0.05, 0) is 12.1 Å². The Bertz CT molecular complexity index is 558. The number of hydrogen-bond acceptors (Lipinski definition) is 7. The first-order valence-electron chi connectivity index (χ1n) is 6.57. The van der Waals surface area contributed by atoms with Crippen LogP contribution < -0.4 is 0 Å². The lowest BCUT2D eigenvalue weighted by atomic mass is 10.0. The van der Waals surface area contributed by atoms with E-state index in [0.29, 0.717) is 0 Å². The molecule has 0 amide bonds. The summed E-state index contributed by atoms with van der Waals surface area (Å²) >= 11 is 0.